The summed E-state index contributed by atoms with van der Waals surface area (Å²) in [5.74, 6) is 0.751. The van der Waals surface area contributed by atoms with E-state index in [2.05, 4.69) is 15.4 Å². The first kappa shape index (κ1) is 28.0. The molecule has 0 saturated carbocycles. The Hall–Kier alpha value is -4.04. The largest absolute Gasteiger partial charge is 0.508 e. The molecule has 0 aliphatic rings. The highest BCUT2D eigenvalue weighted by molar-refractivity contribution is 7.91. The molecule has 1 aromatic heterocycles. The number of hydrogen-bond acceptors (Lipinski definition) is 8. The quantitative estimate of drug-likeness (QED) is 0.0840. The summed E-state index contributed by atoms with van der Waals surface area (Å²) >= 11 is 6.32. The number of sulfonamides is 1. The summed E-state index contributed by atoms with van der Waals surface area (Å²) < 4.78 is 34.4. The maximum Gasteiger partial charge on any atom is 0.269 e. The Labute approximate surface area is 234 Å². The number of para-hydroxylation sites is 1. The molecule has 0 bridgehead atoms. The summed E-state index contributed by atoms with van der Waals surface area (Å²) in [6, 6.07) is 23.2. The van der Waals surface area contributed by atoms with Gasteiger partial charge in [-0.2, -0.15) is 0 Å². The highest BCUT2D eigenvalue weighted by Crippen LogP contribution is 2.36. The normalized spacial score (nSPS) is 11.1. The SMILES string of the molecule is O=[N+]([O-])c1ccc(NC(=S)NCCNS(=O)(=O)c2ccc(-c3ccccc3OCc3cccc(O)c3)s2)cc1. The third-order valence-electron chi connectivity index (χ3n) is 5.34. The summed E-state index contributed by atoms with van der Waals surface area (Å²) in [4.78, 5) is 11.0. The van der Waals surface area contributed by atoms with Gasteiger partial charge in [0, 0.05) is 41.4 Å². The highest BCUT2D eigenvalue weighted by atomic mass is 32.2. The van der Waals surface area contributed by atoms with Crippen molar-refractivity contribution in [1.29, 1.82) is 0 Å². The van der Waals surface area contributed by atoms with E-state index in [1.807, 2.05) is 30.3 Å². The van der Waals surface area contributed by atoms with Crippen LogP contribution in [0.25, 0.3) is 10.4 Å². The molecule has 0 amide bonds. The number of aromatic hydroxyl groups is 1. The number of anilines is 1. The average Bonchev–Trinajstić information content (AvgIpc) is 3.42. The van der Waals surface area contributed by atoms with Crippen LogP contribution in [0.5, 0.6) is 11.5 Å². The topological polar surface area (TPSA) is 143 Å². The van der Waals surface area contributed by atoms with E-state index in [-0.39, 0.29) is 40.5 Å². The molecule has 0 radical (unpaired) electrons. The maximum atomic E-state index is 12.8. The number of phenolic OH excluding ortho intramolecular Hbond substituents is 1. The van der Waals surface area contributed by atoms with Crippen molar-refractivity contribution in [1.82, 2.24) is 10.0 Å². The molecule has 202 valence electrons. The monoisotopic (exact) mass is 584 g/mol. The number of nitrogens with zero attached hydrogens (tertiary/aromatic N) is 1. The fourth-order valence-corrected chi connectivity index (χ4v) is 6.12. The standard InChI is InChI=1S/C26H24N4O6S3/c31-21-5-3-4-18(16-21)17-36-23-7-2-1-6-22(23)24-12-13-25(38-24)39(34,35)28-15-14-27-26(37)29-19-8-10-20(11-9-19)30(32)33/h1-13,16,28,31H,14-15,17H2,(H2,27,29,37). The van der Waals surface area contributed by atoms with Crippen LogP contribution in [0.3, 0.4) is 0 Å². The number of ether oxygens (including phenoxy) is 1. The van der Waals surface area contributed by atoms with Crippen LogP contribution in [0, 0.1) is 10.1 Å². The number of rotatable bonds is 11. The molecule has 0 unspecified atom stereocenters. The molecule has 3 aromatic carbocycles. The zero-order chi connectivity index (χ0) is 27.8. The van der Waals surface area contributed by atoms with Crippen LogP contribution in [0.1, 0.15) is 5.56 Å². The molecule has 1 heterocycles. The van der Waals surface area contributed by atoms with Gasteiger partial charge in [0.05, 0.1) is 4.92 Å². The molecule has 10 nitrogen and oxygen atoms in total. The number of thiophene rings is 1. The van der Waals surface area contributed by atoms with Crippen molar-refractivity contribution in [3.8, 4) is 21.9 Å². The molecule has 4 rings (SSSR count). The van der Waals surface area contributed by atoms with Gasteiger partial charge in [0.1, 0.15) is 22.3 Å². The number of nitrogens with one attached hydrogen (secondary N) is 3. The van der Waals surface area contributed by atoms with Crippen LogP contribution < -0.4 is 20.1 Å². The number of nitro groups is 1. The number of hydrogen-bond donors (Lipinski definition) is 4. The molecule has 0 spiro atoms. The van der Waals surface area contributed by atoms with Crippen LogP contribution in [0.15, 0.2) is 89.1 Å². The Morgan fingerprint density at radius 1 is 1.00 bits per heavy atom. The van der Waals surface area contributed by atoms with Crippen molar-refractivity contribution in [2.45, 2.75) is 10.8 Å². The Kier molecular flexibility index (Phi) is 9.09. The molecule has 0 fully saturated rings. The lowest BCUT2D eigenvalue weighted by atomic mass is 10.1. The lowest BCUT2D eigenvalue weighted by Gasteiger charge is -2.11. The lowest BCUT2D eigenvalue weighted by Crippen LogP contribution is -2.36. The van der Waals surface area contributed by atoms with Crippen LogP contribution in [0.4, 0.5) is 11.4 Å². The predicted octanol–water partition coefficient (Wildman–Crippen LogP) is 4.87. The summed E-state index contributed by atoms with van der Waals surface area (Å²) in [7, 11) is -3.76. The van der Waals surface area contributed by atoms with E-state index in [9.17, 15) is 23.6 Å². The zero-order valence-corrected chi connectivity index (χ0v) is 22.8. The van der Waals surface area contributed by atoms with Gasteiger partial charge < -0.3 is 20.5 Å². The second-order valence-corrected chi connectivity index (χ2v) is 11.6. The minimum absolute atomic E-state index is 0.0325. The minimum atomic E-state index is -3.76. The minimum Gasteiger partial charge on any atom is -0.508 e. The summed E-state index contributed by atoms with van der Waals surface area (Å²) in [6.07, 6.45) is 0. The number of nitro benzene ring substituents is 1. The van der Waals surface area contributed by atoms with Crippen molar-refractivity contribution in [3.63, 3.8) is 0 Å². The third-order valence-corrected chi connectivity index (χ3v) is 8.66. The number of phenols is 1. The molecule has 39 heavy (non-hydrogen) atoms. The van der Waals surface area contributed by atoms with Gasteiger partial charge in [-0.05, 0) is 66.3 Å². The Morgan fingerprint density at radius 3 is 2.51 bits per heavy atom. The van der Waals surface area contributed by atoms with Crippen molar-refractivity contribution in [2.24, 2.45) is 0 Å². The fourth-order valence-electron chi connectivity index (χ4n) is 3.49. The second-order valence-electron chi connectivity index (χ2n) is 8.16. The van der Waals surface area contributed by atoms with E-state index in [1.54, 1.807) is 30.3 Å². The summed E-state index contributed by atoms with van der Waals surface area (Å²) in [5, 5.41) is 26.4. The first-order valence-electron chi connectivity index (χ1n) is 11.6. The van der Waals surface area contributed by atoms with E-state index in [0.29, 0.717) is 11.4 Å². The highest BCUT2D eigenvalue weighted by Gasteiger charge is 2.18. The smallest absolute Gasteiger partial charge is 0.269 e. The molecule has 0 atom stereocenters. The van der Waals surface area contributed by atoms with Gasteiger partial charge in [-0.25, -0.2) is 13.1 Å². The molecule has 13 heteroatoms. The second kappa shape index (κ2) is 12.7. The predicted molar refractivity (Wildman–Crippen MR) is 155 cm³/mol. The van der Waals surface area contributed by atoms with E-state index in [4.69, 9.17) is 17.0 Å². The molecule has 0 aliphatic carbocycles. The van der Waals surface area contributed by atoms with E-state index in [1.165, 1.54) is 24.3 Å². The van der Waals surface area contributed by atoms with E-state index >= 15 is 0 Å². The molecule has 4 N–H and O–H groups in total. The Balaban J connectivity index is 1.31. The van der Waals surface area contributed by atoms with Crippen LogP contribution in [0.2, 0.25) is 0 Å². The zero-order valence-electron chi connectivity index (χ0n) is 20.4. The van der Waals surface area contributed by atoms with Gasteiger partial charge in [-0.3, -0.25) is 10.1 Å². The van der Waals surface area contributed by atoms with Crippen LogP contribution in [-0.4, -0.2) is 36.6 Å². The fraction of sp³-hybridized carbons (Fsp3) is 0.115. The summed E-state index contributed by atoms with van der Waals surface area (Å²) in [5.41, 5.74) is 2.10. The molecular weight excluding hydrogens is 561 g/mol. The van der Waals surface area contributed by atoms with Gasteiger partial charge in [0.2, 0.25) is 10.0 Å². The van der Waals surface area contributed by atoms with E-state index in [0.717, 1.165) is 27.3 Å². The van der Waals surface area contributed by atoms with Crippen LogP contribution >= 0.6 is 23.6 Å². The van der Waals surface area contributed by atoms with Crippen LogP contribution in [-0.2, 0) is 16.6 Å². The van der Waals surface area contributed by atoms with Crippen molar-refractivity contribution >= 4 is 50.1 Å². The molecule has 0 aliphatic heterocycles. The van der Waals surface area contributed by atoms with Gasteiger partial charge in [-0.1, -0.05) is 24.3 Å². The number of non-ortho nitro benzene ring substituents is 1. The van der Waals surface area contributed by atoms with Crippen molar-refractivity contribution in [2.75, 3.05) is 18.4 Å². The average molecular weight is 585 g/mol. The lowest BCUT2D eigenvalue weighted by molar-refractivity contribution is -0.384. The number of thiocarbonyl (C=S) groups is 1. The third kappa shape index (κ3) is 7.74. The van der Waals surface area contributed by atoms with Gasteiger partial charge in [0.25, 0.3) is 5.69 Å². The van der Waals surface area contributed by atoms with Crippen molar-refractivity contribution < 1.29 is 23.2 Å². The molecular formula is C26H24N4O6S3. The van der Waals surface area contributed by atoms with E-state index < -0.39 is 14.9 Å². The maximum absolute atomic E-state index is 12.8. The Bertz CT molecular complexity index is 1570. The van der Waals surface area contributed by atoms with Gasteiger partial charge >= 0.3 is 0 Å². The summed E-state index contributed by atoms with van der Waals surface area (Å²) in [6.45, 7) is 0.556. The molecule has 4 aromatic rings. The van der Waals surface area contributed by atoms with Gasteiger partial charge in [0.15, 0.2) is 5.11 Å². The first-order chi connectivity index (χ1) is 18.7. The number of benzene rings is 3. The first-order valence-corrected chi connectivity index (χ1v) is 14.3. The van der Waals surface area contributed by atoms with Crippen molar-refractivity contribution in [3.05, 3.63) is 101 Å². The van der Waals surface area contributed by atoms with Gasteiger partial charge in [-0.15, -0.1) is 11.3 Å². The Morgan fingerprint density at radius 2 is 1.77 bits per heavy atom. The molecule has 0 saturated heterocycles.